The number of hydrogen-bond acceptors (Lipinski definition) is 5. The van der Waals surface area contributed by atoms with E-state index in [9.17, 15) is 8.42 Å². The van der Waals surface area contributed by atoms with Crippen LogP contribution < -0.4 is 0 Å². The third-order valence-corrected chi connectivity index (χ3v) is 5.79. The van der Waals surface area contributed by atoms with Gasteiger partial charge in [-0.3, -0.25) is 4.57 Å². The summed E-state index contributed by atoms with van der Waals surface area (Å²) in [4.78, 5) is 12.5. The van der Waals surface area contributed by atoms with Crippen LogP contribution >= 0.6 is 11.6 Å². The minimum atomic E-state index is -3.77. The number of fused-ring (bicyclic) bond motifs is 1. The summed E-state index contributed by atoms with van der Waals surface area (Å²) in [6.07, 6.45) is 5.95. The van der Waals surface area contributed by atoms with E-state index in [1.165, 1.54) is 18.7 Å². The Hall–Kier alpha value is -2.71. The summed E-state index contributed by atoms with van der Waals surface area (Å²) in [6.45, 7) is 1.90. The zero-order valence-corrected chi connectivity index (χ0v) is 14.6. The van der Waals surface area contributed by atoms with Gasteiger partial charge >= 0.3 is 0 Å². The van der Waals surface area contributed by atoms with E-state index in [0.29, 0.717) is 11.2 Å². The van der Waals surface area contributed by atoms with Crippen molar-refractivity contribution in [2.24, 2.45) is 0 Å². The van der Waals surface area contributed by atoms with Gasteiger partial charge in [0.05, 0.1) is 10.3 Å². The van der Waals surface area contributed by atoms with Crippen molar-refractivity contribution in [3.63, 3.8) is 0 Å². The fraction of sp³-hybridized carbons (Fsp3) is 0.0625. The van der Waals surface area contributed by atoms with Crippen molar-refractivity contribution in [1.82, 2.24) is 23.5 Å². The predicted molar refractivity (Wildman–Crippen MR) is 93.4 cm³/mol. The van der Waals surface area contributed by atoms with Gasteiger partial charge in [0.1, 0.15) is 6.33 Å². The standard InChI is InChI=1S/C16H12ClN5O2S/c1-11-2-4-12(5-3-11)25(23,24)22-8-6-13-14(19-10-20-15(13)22)21-9-7-18-16(21)17/h2-10H,1H3. The van der Waals surface area contributed by atoms with Gasteiger partial charge in [-0.2, -0.15) is 0 Å². The van der Waals surface area contributed by atoms with Crippen LogP contribution in [0.3, 0.4) is 0 Å². The van der Waals surface area contributed by atoms with Crippen LogP contribution in [0.1, 0.15) is 5.56 Å². The number of halogens is 1. The highest BCUT2D eigenvalue weighted by Crippen LogP contribution is 2.25. The number of benzene rings is 1. The minimum absolute atomic E-state index is 0.191. The fourth-order valence-electron chi connectivity index (χ4n) is 2.57. The molecule has 0 aliphatic heterocycles. The summed E-state index contributed by atoms with van der Waals surface area (Å²) in [7, 11) is -3.77. The SMILES string of the molecule is Cc1ccc(S(=O)(=O)n2ccc3c(-n4ccnc4Cl)ncnc32)cc1. The lowest BCUT2D eigenvalue weighted by atomic mass is 10.2. The van der Waals surface area contributed by atoms with Crippen molar-refractivity contribution >= 4 is 32.7 Å². The maximum Gasteiger partial charge on any atom is 0.269 e. The van der Waals surface area contributed by atoms with Gasteiger partial charge in [0, 0.05) is 18.6 Å². The number of nitrogens with zero attached hydrogens (tertiary/aromatic N) is 5. The lowest BCUT2D eigenvalue weighted by molar-refractivity contribution is 0.588. The lowest BCUT2D eigenvalue weighted by Gasteiger charge is -2.08. The van der Waals surface area contributed by atoms with Gasteiger partial charge < -0.3 is 0 Å². The molecule has 0 spiro atoms. The molecule has 0 radical (unpaired) electrons. The summed E-state index contributed by atoms with van der Waals surface area (Å²) in [5, 5.41) is 0.784. The molecule has 9 heteroatoms. The Labute approximate surface area is 148 Å². The second-order valence-electron chi connectivity index (χ2n) is 5.43. The molecule has 25 heavy (non-hydrogen) atoms. The summed E-state index contributed by atoms with van der Waals surface area (Å²) in [5.41, 5.74) is 1.26. The van der Waals surface area contributed by atoms with Crippen LogP contribution in [0.2, 0.25) is 5.28 Å². The molecule has 3 aromatic heterocycles. The minimum Gasteiger partial charge on any atom is -0.274 e. The van der Waals surface area contributed by atoms with Crippen LogP contribution in [-0.4, -0.2) is 31.9 Å². The Morgan fingerprint density at radius 1 is 1.00 bits per heavy atom. The second-order valence-corrected chi connectivity index (χ2v) is 7.58. The van der Waals surface area contributed by atoms with Gasteiger partial charge in [0.2, 0.25) is 5.28 Å². The highest BCUT2D eigenvalue weighted by molar-refractivity contribution is 7.90. The first-order valence-electron chi connectivity index (χ1n) is 7.32. The Balaban J connectivity index is 1.93. The molecule has 0 saturated carbocycles. The van der Waals surface area contributed by atoms with Crippen molar-refractivity contribution in [2.75, 3.05) is 0 Å². The molecular weight excluding hydrogens is 362 g/mol. The van der Waals surface area contributed by atoms with E-state index in [-0.39, 0.29) is 15.8 Å². The van der Waals surface area contributed by atoms with Gasteiger partial charge in [0.15, 0.2) is 11.5 Å². The zero-order chi connectivity index (χ0) is 17.6. The number of aryl methyl sites for hydroxylation is 1. The van der Waals surface area contributed by atoms with Gasteiger partial charge in [-0.15, -0.1) is 0 Å². The van der Waals surface area contributed by atoms with Crippen molar-refractivity contribution < 1.29 is 8.42 Å². The third-order valence-electron chi connectivity index (χ3n) is 3.83. The largest absolute Gasteiger partial charge is 0.274 e. The first-order valence-corrected chi connectivity index (χ1v) is 9.14. The van der Waals surface area contributed by atoms with Crippen LogP contribution in [0.4, 0.5) is 0 Å². The maximum atomic E-state index is 12.9. The van der Waals surface area contributed by atoms with E-state index in [1.807, 2.05) is 6.92 Å². The van der Waals surface area contributed by atoms with E-state index in [2.05, 4.69) is 15.0 Å². The molecule has 1 aromatic carbocycles. The van der Waals surface area contributed by atoms with E-state index in [0.717, 1.165) is 9.54 Å². The molecule has 7 nitrogen and oxygen atoms in total. The van der Waals surface area contributed by atoms with Crippen LogP contribution in [0.15, 0.2) is 60.1 Å². The normalized spacial score (nSPS) is 11.9. The summed E-state index contributed by atoms with van der Waals surface area (Å²) in [6, 6.07) is 8.30. The topological polar surface area (TPSA) is 82.7 Å². The van der Waals surface area contributed by atoms with Gasteiger partial charge in [-0.1, -0.05) is 17.7 Å². The summed E-state index contributed by atoms with van der Waals surface area (Å²) in [5.74, 6) is 0.463. The van der Waals surface area contributed by atoms with E-state index < -0.39 is 10.0 Å². The van der Waals surface area contributed by atoms with Crippen LogP contribution in [0.25, 0.3) is 16.9 Å². The first-order chi connectivity index (χ1) is 12.0. The van der Waals surface area contributed by atoms with Crippen LogP contribution in [-0.2, 0) is 10.0 Å². The third kappa shape index (κ3) is 2.50. The molecule has 0 fully saturated rings. The number of aromatic nitrogens is 5. The molecule has 0 aliphatic rings. The molecule has 4 rings (SSSR count). The smallest absolute Gasteiger partial charge is 0.269 e. The quantitative estimate of drug-likeness (QED) is 0.551. The fourth-order valence-corrected chi connectivity index (χ4v) is 4.06. The van der Waals surface area contributed by atoms with Crippen molar-refractivity contribution in [3.05, 3.63) is 66.1 Å². The molecule has 0 bridgehead atoms. The molecule has 0 N–H and O–H groups in total. The average molecular weight is 374 g/mol. The van der Waals surface area contributed by atoms with Crippen molar-refractivity contribution in [2.45, 2.75) is 11.8 Å². The number of hydrogen-bond donors (Lipinski definition) is 0. The highest BCUT2D eigenvalue weighted by Gasteiger charge is 2.21. The highest BCUT2D eigenvalue weighted by atomic mass is 35.5. The molecule has 3 heterocycles. The average Bonchev–Trinajstić information content (AvgIpc) is 3.21. The number of rotatable bonds is 3. The molecule has 0 aliphatic carbocycles. The van der Waals surface area contributed by atoms with Crippen molar-refractivity contribution in [3.8, 4) is 5.82 Å². The lowest BCUT2D eigenvalue weighted by Crippen LogP contribution is -2.12. The second kappa shape index (κ2) is 5.68. The molecule has 126 valence electrons. The monoisotopic (exact) mass is 373 g/mol. The van der Waals surface area contributed by atoms with E-state index in [1.54, 1.807) is 41.1 Å². The zero-order valence-electron chi connectivity index (χ0n) is 13.0. The van der Waals surface area contributed by atoms with Gasteiger partial charge in [-0.05, 0) is 36.7 Å². The molecule has 0 saturated heterocycles. The summed E-state index contributed by atoms with van der Waals surface area (Å²) < 4.78 is 28.6. The Morgan fingerprint density at radius 3 is 2.44 bits per heavy atom. The molecule has 0 unspecified atom stereocenters. The van der Waals surface area contributed by atoms with Gasteiger partial charge in [-0.25, -0.2) is 27.3 Å². The van der Waals surface area contributed by atoms with Crippen LogP contribution in [0, 0.1) is 6.92 Å². The van der Waals surface area contributed by atoms with Crippen LogP contribution in [0.5, 0.6) is 0 Å². The van der Waals surface area contributed by atoms with Gasteiger partial charge in [0.25, 0.3) is 10.0 Å². The Kier molecular flexibility index (Phi) is 3.59. The number of imidazole rings is 1. The molecule has 0 atom stereocenters. The van der Waals surface area contributed by atoms with Crippen molar-refractivity contribution in [1.29, 1.82) is 0 Å². The maximum absolute atomic E-state index is 12.9. The molecule has 0 amide bonds. The first kappa shape index (κ1) is 15.8. The van der Waals surface area contributed by atoms with E-state index in [4.69, 9.17) is 11.6 Å². The Bertz CT molecular complexity index is 1180. The Morgan fingerprint density at radius 2 is 1.76 bits per heavy atom. The predicted octanol–water partition coefficient (Wildman–Crippen LogP) is 2.82. The summed E-state index contributed by atoms with van der Waals surface area (Å²) >= 11 is 6.05. The van der Waals surface area contributed by atoms with E-state index >= 15 is 0 Å². The molecule has 4 aromatic rings. The molecular formula is C16H12ClN5O2S.